The van der Waals surface area contributed by atoms with E-state index in [2.05, 4.69) is 17.0 Å². The molecule has 1 N–H and O–H groups in total. The molecule has 2 aromatic rings. The summed E-state index contributed by atoms with van der Waals surface area (Å²) in [6.45, 7) is 2.85. The van der Waals surface area contributed by atoms with Crippen molar-refractivity contribution < 1.29 is 24.1 Å². The molecule has 0 aliphatic carbocycles. The van der Waals surface area contributed by atoms with E-state index in [0.717, 1.165) is 48.7 Å². The number of aliphatic carboxylic acids is 1. The summed E-state index contributed by atoms with van der Waals surface area (Å²) in [6.07, 6.45) is 4.60. The first kappa shape index (κ1) is 20.1. The van der Waals surface area contributed by atoms with Gasteiger partial charge < -0.3 is 19.3 Å². The SMILES string of the molecule is COc1cc(CCN2CC3C(C(=O)O)C4C=CC3(C2)O4)ccc1OCc1ccccc1. The quantitative estimate of drug-likeness (QED) is 0.661. The second-order valence-electron chi connectivity index (χ2n) is 8.61. The number of hydrogen-bond acceptors (Lipinski definition) is 5. The number of rotatable bonds is 8. The standard InChI is InChI=1S/C25H27NO5/c1-29-22-13-17(7-8-20(22)30-15-18-5-3-2-4-6-18)10-12-26-14-19-23(24(27)28)21-9-11-25(19,16-26)31-21/h2-9,11,13,19,21,23H,10,12,14-16H2,1H3,(H,27,28). The molecule has 3 heterocycles. The van der Waals surface area contributed by atoms with Gasteiger partial charge >= 0.3 is 5.97 Å². The third kappa shape index (κ3) is 3.70. The van der Waals surface area contributed by atoms with Crippen molar-refractivity contribution in [2.24, 2.45) is 11.8 Å². The van der Waals surface area contributed by atoms with Crippen LogP contribution in [0.15, 0.2) is 60.7 Å². The van der Waals surface area contributed by atoms with Gasteiger partial charge in [-0.05, 0) is 29.7 Å². The van der Waals surface area contributed by atoms with Crippen LogP contribution in [0.2, 0.25) is 0 Å². The first-order valence-electron chi connectivity index (χ1n) is 10.7. The molecule has 6 heteroatoms. The van der Waals surface area contributed by atoms with Gasteiger partial charge in [-0.15, -0.1) is 0 Å². The van der Waals surface area contributed by atoms with Gasteiger partial charge in [0.1, 0.15) is 12.2 Å². The number of likely N-dealkylation sites (tertiary alicyclic amines) is 1. The van der Waals surface area contributed by atoms with E-state index in [-0.39, 0.29) is 12.0 Å². The summed E-state index contributed by atoms with van der Waals surface area (Å²) >= 11 is 0. The first-order valence-corrected chi connectivity index (χ1v) is 10.7. The number of carboxylic acids is 1. The van der Waals surface area contributed by atoms with E-state index in [1.807, 2.05) is 48.5 Å². The molecule has 1 spiro atoms. The van der Waals surface area contributed by atoms with Crippen LogP contribution in [0, 0.1) is 11.8 Å². The maximum absolute atomic E-state index is 11.7. The smallest absolute Gasteiger partial charge is 0.309 e. The van der Waals surface area contributed by atoms with Crippen molar-refractivity contribution in [2.45, 2.75) is 24.7 Å². The molecule has 2 fully saturated rings. The number of carboxylic acid groups (broad SMARTS) is 1. The third-order valence-electron chi connectivity index (χ3n) is 6.73. The molecule has 4 atom stereocenters. The zero-order chi connectivity index (χ0) is 21.4. The van der Waals surface area contributed by atoms with Crippen LogP contribution < -0.4 is 9.47 Å². The Morgan fingerprint density at radius 3 is 2.81 bits per heavy atom. The van der Waals surface area contributed by atoms with E-state index in [1.165, 1.54) is 0 Å². The number of fused-ring (bicyclic) bond motifs is 1. The largest absolute Gasteiger partial charge is 0.493 e. The van der Waals surface area contributed by atoms with Crippen LogP contribution >= 0.6 is 0 Å². The van der Waals surface area contributed by atoms with Crippen molar-refractivity contribution in [1.82, 2.24) is 4.90 Å². The van der Waals surface area contributed by atoms with Gasteiger partial charge in [-0.3, -0.25) is 9.69 Å². The third-order valence-corrected chi connectivity index (χ3v) is 6.73. The Morgan fingerprint density at radius 2 is 2.03 bits per heavy atom. The van der Waals surface area contributed by atoms with Crippen molar-refractivity contribution in [3.05, 3.63) is 71.8 Å². The van der Waals surface area contributed by atoms with E-state index < -0.39 is 17.5 Å². The predicted octanol–water partition coefficient (Wildman–Crippen LogP) is 3.16. The molecule has 31 heavy (non-hydrogen) atoms. The van der Waals surface area contributed by atoms with Crippen LogP contribution in [-0.4, -0.2) is 54.4 Å². The van der Waals surface area contributed by atoms with Crippen LogP contribution in [0.3, 0.4) is 0 Å². The zero-order valence-electron chi connectivity index (χ0n) is 17.6. The molecule has 162 valence electrons. The van der Waals surface area contributed by atoms with Crippen LogP contribution in [-0.2, 0) is 22.6 Å². The monoisotopic (exact) mass is 421 g/mol. The van der Waals surface area contributed by atoms with Gasteiger partial charge in [0.2, 0.25) is 0 Å². The second-order valence-corrected chi connectivity index (χ2v) is 8.61. The highest BCUT2D eigenvalue weighted by Gasteiger charge is 2.62. The molecule has 0 radical (unpaired) electrons. The summed E-state index contributed by atoms with van der Waals surface area (Å²) in [5, 5.41) is 9.62. The molecule has 5 rings (SSSR count). The number of benzene rings is 2. The van der Waals surface area contributed by atoms with Gasteiger partial charge in [-0.2, -0.15) is 0 Å². The van der Waals surface area contributed by atoms with E-state index in [4.69, 9.17) is 14.2 Å². The number of hydrogen-bond donors (Lipinski definition) is 1. The van der Waals surface area contributed by atoms with Crippen molar-refractivity contribution in [3.63, 3.8) is 0 Å². The molecule has 2 saturated heterocycles. The minimum atomic E-state index is -0.751. The fourth-order valence-corrected chi connectivity index (χ4v) is 5.19. The van der Waals surface area contributed by atoms with Crippen LogP contribution in [0.5, 0.6) is 11.5 Å². The summed E-state index contributed by atoms with van der Waals surface area (Å²) in [5.74, 6) is 0.295. The first-order chi connectivity index (χ1) is 15.1. The highest BCUT2D eigenvalue weighted by Crippen LogP contribution is 2.51. The van der Waals surface area contributed by atoms with E-state index in [9.17, 15) is 9.90 Å². The summed E-state index contributed by atoms with van der Waals surface area (Å²) in [4.78, 5) is 14.0. The molecule has 0 amide bonds. The minimum absolute atomic E-state index is 0.0308. The molecule has 6 nitrogen and oxygen atoms in total. The maximum atomic E-state index is 11.7. The van der Waals surface area contributed by atoms with Gasteiger partial charge in [0, 0.05) is 25.6 Å². The van der Waals surface area contributed by atoms with Crippen LogP contribution in [0.25, 0.3) is 0 Å². The van der Waals surface area contributed by atoms with Crippen molar-refractivity contribution in [1.29, 1.82) is 0 Å². The van der Waals surface area contributed by atoms with Gasteiger partial charge in [0.15, 0.2) is 11.5 Å². The summed E-state index contributed by atoms with van der Waals surface area (Å²) < 4.78 is 17.6. The molecular weight excluding hydrogens is 394 g/mol. The lowest BCUT2D eigenvalue weighted by Crippen LogP contribution is -2.37. The van der Waals surface area contributed by atoms with Crippen molar-refractivity contribution in [3.8, 4) is 11.5 Å². The molecule has 2 aromatic carbocycles. The number of carbonyl (C=O) groups is 1. The van der Waals surface area contributed by atoms with Gasteiger partial charge in [0.05, 0.1) is 19.1 Å². The molecule has 3 aliphatic rings. The normalized spacial score (nSPS) is 28.6. The lowest BCUT2D eigenvalue weighted by molar-refractivity contribution is -0.144. The maximum Gasteiger partial charge on any atom is 0.309 e. The average molecular weight is 421 g/mol. The fourth-order valence-electron chi connectivity index (χ4n) is 5.19. The summed E-state index contributed by atoms with van der Waals surface area (Å²) in [5.41, 5.74) is 1.85. The summed E-state index contributed by atoms with van der Waals surface area (Å²) in [7, 11) is 1.65. The molecule has 4 unspecified atom stereocenters. The number of ether oxygens (including phenoxy) is 3. The van der Waals surface area contributed by atoms with Crippen LogP contribution in [0.1, 0.15) is 11.1 Å². The van der Waals surface area contributed by atoms with Gasteiger partial charge in [0.25, 0.3) is 0 Å². The minimum Gasteiger partial charge on any atom is -0.493 e. The topological polar surface area (TPSA) is 68.2 Å². The Hall–Kier alpha value is -2.83. The zero-order valence-corrected chi connectivity index (χ0v) is 17.6. The molecular formula is C25H27NO5. The lowest BCUT2D eigenvalue weighted by atomic mass is 9.78. The van der Waals surface area contributed by atoms with E-state index in [1.54, 1.807) is 7.11 Å². The van der Waals surface area contributed by atoms with Crippen molar-refractivity contribution in [2.75, 3.05) is 26.7 Å². The fraction of sp³-hybridized carbons (Fsp3) is 0.400. The Labute approximate surface area is 182 Å². The van der Waals surface area contributed by atoms with Crippen LogP contribution in [0.4, 0.5) is 0 Å². The second kappa shape index (κ2) is 8.02. The number of methoxy groups -OCH3 is 1. The highest BCUT2D eigenvalue weighted by molar-refractivity contribution is 5.73. The van der Waals surface area contributed by atoms with E-state index in [0.29, 0.717) is 6.61 Å². The molecule has 2 bridgehead atoms. The Kier molecular flexibility index (Phi) is 5.20. The average Bonchev–Trinajstić information content (AvgIpc) is 3.44. The molecule has 0 saturated carbocycles. The Bertz CT molecular complexity index is 991. The lowest BCUT2D eigenvalue weighted by Gasteiger charge is -2.23. The molecule has 3 aliphatic heterocycles. The number of nitrogens with zero attached hydrogens (tertiary/aromatic N) is 1. The Balaban J connectivity index is 1.20. The van der Waals surface area contributed by atoms with Crippen molar-refractivity contribution >= 4 is 5.97 Å². The van der Waals surface area contributed by atoms with E-state index >= 15 is 0 Å². The highest BCUT2D eigenvalue weighted by atomic mass is 16.5. The predicted molar refractivity (Wildman–Crippen MR) is 115 cm³/mol. The molecule has 0 aromatic heterocycles. The van der Waals surface area contributed by atoms with Gasteiger partial charge in [-0.1, -0.05) is 48.6 Å². The summed E-state index contributed by atoms with van der Waals surface area (Å²) in [6, 6.07) is 16.1. The van der Waals surface area contributed by atoms with Gasteiger partial charge in [-0.25, -0.2) is 0 Å². The Morgan fingerprint density at radius 1 is 1.19 bits per heavy atom.